The molecule has 2 aromatic carbocycles. The minimum atomic E-state index is -0.912. The molecule has 34 heavy (non-hydrogen) atoms. The van der Waals surface area contributed by atoms with Crippen LogP contribution in [0.3, 0.4) is 0 Å². The molecule has 3 rings (SSSR count). The number of nitrogens with two attached hydrogens (primary N) is 1. The Labute approximate surface area is 210 Å². The summed E-state index contributed by atoms with van der Waals surface area (Å²) < 4.78 is 17.1. The normalized spacial score (nSPS) is 15.3. The second kappa shape index (κ2) is 11.1. The van der Waals surface area contributed by atoms with Crippen molar-refractivity contribution in [2.45, 2.75) is 19.8 Å². The van der Waals surface area contributed by atoms with Crippen molar-refractivity contribution in [2.24, 2.45) is 5.73 Å². The van der Waals surface area contributed by atoms with Crippen LogP contribution in [0.4, 0.5) is 5.69 Å². The van der Waals surface area contributed by atoms with Crippen LogP contribution in [0.15, 0.2) is 69.7 Å². The summed E-state index contributed by atoms with van der Waals surface area (Å²) in [7, 11) is 0. The molecule has 1 amide bonds. The van der Waals surface area contributed by atoms with Crippen molar-refractivity contribution in [1.29, 1.82) is 5.26 Å². The molecule has 0 radical (unpaired) electrons. The lowest BCUT2D eigenvalue weighted by atomic mass is 9.82. The van der Waals surface area contributed by atoms with Gasteiger partial charge < -0.3 is 25.3 Å². The number of nitriles is 1. The summed E-state index contributed by atoms with van der Waals surface area (Å²) in [4.78, 5) is 25.2. The summed E-state index contributed by atoms with van der Waals surface area (Å²) in [6.45, 7) is 3.06. The van der Waals surface area contributed by atoms with Crippen molar-refractivity contribution < 1.29 is 23.8 Å². The quantitative estimate of drug-likeness (QED) is 0.480. The van der Waals surface area contributed by atoms with E-state index in [-0.39, 0.29) is 41.8 Å². The van der Waals surface area contributed by atoms with Gasteiger partial charge in [0, 0.05) is 20.7 Å². The number of halogens is 2. The number of nitrogens with zero attached hydrogens (tertiary/aromatic N) is 1. The van der Waals surface area contributed by atoms with Crippen molar-refractivity contribution in [1.82, 2.24) is 0 Å². The first-order chi connectivity index (χ1) is 16.2. The molecule has 3 N–H and O–H groups in total. The molecule has 0 spiro atoms. The van der Waals surface area contributed by atoms with Crippen molar-refractivity contribution in [3.8, 4) is 11.8 Å². The van der Waals surface area contributed by atoms with Gasteiger partial charge in [0.25, 0.3) is 5.91 Å². The first kappa shape index (κ1) is 25.1. The molecule has 10 heteroatoms. The van der Waals surface area contributed by atoms with Gasteiger partial charge in [0.1, 0.15) is 23.2 Å². The van der Waals surface area contributed by atoms with E-state index in [1.807, 2.05) is 6.07 Å². The number of hydrogen-bond acceptors (Lipinski definition) is 7. The van der Waals surface area contributed by atoms with E-state index < -0.39 is 17.8 Å². The highest BCUT2D eigenvalue weighted by atomic mass is 79.9. The van der Waals surface area contributed by atoms with Crippen LogP contribution in [-0.4, -0.2) is 25.1 Å². The number of amides is 1. The van der Waals surface area contributed by atoms with Crippen molar-refractivity contribution in [3.05, 3.63) is 80.3 Å². The first-order valence-corrected chi connectivity index (χ1v) is 11.3. The van der Waals surface area contributed by atoms with E-state index in [1.165, 1.54) is 0 Å². The van der Waals surface area contributed by atoms with E-state index in [0.29, 0.717) is 20.7 Å². The maximum atomic E-state index is 12.8. The fourth-order valence-electron chi connectivity index (χ4n) is 3.42. The van der Waals surface area contributed by atoms with Crippen molar-refractivity contribution in [3.63, 3.8) is 0 Å². The molecule has 0 fully saturated rings. The second-order valence-corrected chi connectivity index (χ2v) is 8.49. The summed E-state index contributed by atoms with van der Waals surface area (Å²) in [5, 5.41) is 13.1. The third kappa shape index (κ3) is 5.71. The summed E-state index contributed by atoms with van der Waals surface area (Å²) in [6.07, 6.45) is 0. The van der Waals surface area contributed by atoms with Crippen molar-refractivity contribution >= 4 is 45.1 Å². The first-order valence-electron chi connectivity index (χ1n) is 10.2. The SMILES string of the molecule is CCOC(=O)C1=C(C)OC(N)=C(C#N)C1c1cc(Br)ccc1OCC(=O)Nc1ccc(Cl)cc1. The number of benzene rings is 2. The maximum absolute atomic E-state index is 12.8. The number of ether oxygens (including phenoxy) is 3. The second-order valence-electron chi connectivity index (χ2n) is 7.14. The fourth-order valence-corrected chi connectivity index (χ4v) is 3.92. The Morgan fingerprint density at radius 1 is 1.26 bits per heavy atom. The number of hydrogen-bond donors (Lipinski definition) is 2. The molecule has 0 bridgehead atoms. The number of carbonyl (C=O) groups excluding carboxylic acids is 2. The molecular formula is C24H21BrClN3O5. The molecule has 176 valence electrons. The minimum Gasteiger partial charge on any atom is -0.483 e. The van der Waals surface area contributed by atoms with E-state index >= 15 is 0 Å². The number of esters is 1. The molecule has 0 aliphatic carbocycles. The molecule has 0 saturated heterocycles. The fraction of sp³-hybridized carbons (Fsp3) is 0.208. The smallest absolute Gasteiger partial charge is 0.338 e. The molecule has 2 aromatic rings. The Morgan fingerprint density at radius 2 is 1.97 bits per heavy atom. The predicted molar refractivity (Wildman–Crippen MR) is 130 cm³/mol. The summed E-state index contributed by atoms with van der Waals surface area (Å²) in [5.41, 5.74) is 7.13. The predicted octanol–water partition coefficient (Wildman–Crippen LogP) is 4.76. The van der Waals surface area contributed by atoms with E-state index in [9.17, 15) is 14.9 Å². The topological polar surface area (TPSA) is 124 Å². The zero-order valence-electron chi connectivity index (χ0n) is 18.4. The standard InChI is InChI=1S/C24H21BrClN3O5/c1-3-32-24(31)21-13(2)34-23(28)18(11-27)22(21)17-10-14(25)4-9-19(17)33-12-20(30)29-16-7-5-15(26)6-8-16/h4-10,22H,3,12,28H2,1-2H3,(H,29,30). The summed E-state index contributed by atoms with van der Waals surface area (Å²) in [6, 6.07) is 13.7. The zero-order chi connectivity index (χ0) is 24.8. The highest BCUT2D eigenvalue weighted by Gasteiger charge is 2.38. The lowest BCUT2D eigenvalue weighted by Crippen LogP contribution is -2.26. The highest BCUT2D eigenvalue weighted by Crippen LogP contribution is 2.43. The van der Waals surface area contributed by atoms with Crippen molar-refractivity contribution in [2.75, 3.05) is 18.5 Å². The van der Waals surface area contributed by atoms with Gasteiger partial charge in [0.2, 0.25) is 5.88 Å². The van der Waals surface area contributed by atoms with Crippen LogP contribution < -0.4 is 15.8 Å². The molecule has 1 unspecified atom stereocenters. The number of anilines is 1. The Morgan fingerprint density at radius 3 is 2.62 bits per heavy atom. The third-order valence-electron chi connectivity index (χ3n) is 4.87. The molecule has 0 saturated carbocycles. The monoisotopic (exact) mass is 545 g/mol. The minimum absolute atomic E-state index is 0.0298. The number of carbonyl (C=O) groups is 2. The van der Waals surface area contributed by atoms with E-state index in [1.54, 1.807) is 56.3 Å². The summed E-state index contributed by atoms with van der Waals surface area (Å²) in [5.74, 6) is -1.58. The van der Waals surface area contributed by atoms with E-state index in [2.05, 4.69) is 21.2 Å². The third-order valence-corrected chi connectivity index (χ3v) is 5.62. The molecule has 1 heterocycles. The van der Waals surface area contributed by atoms with Crippen LogP contribution in [0.25, 0.3) is 0 Å². The van der Waals surface area contributed by atoms with E-state index in [0.717, 1.165) is 0 Å². The molecule has 8 nitrogen and oxygen atoms in total. The Hall–Kier alpha value is -3.48. The van der Waals surface area contributed by atoms with Crippen LogP contribution in [-0.2, 0) is 19.1 Å². The van der Waals surface area contributed by atoms with Gasteiger partial charge in [-0.1, -0.05) is 27.5 Å². The zero-order valence-corrected chi connectivity index (χ0v) is 20.7. The van der Waals surface area contributed by atoms with Gasteiger partial charge in [0.15, 0.2) is 6.61 Å². The van der Waals surface area contributed by atoms with Crippen LogP contribution >= 0.6 is 27.5 Å². The number of nitrogens with one attached hydrogen (secondary N) is 1. The van der Waals surface area contributed by atoms with Crippen LogP contribution in [0.1, 0.15) is 25.3 Å². The molecule has 1 aliphatic rings. The summed E-state index contributed by atoms with van der Waals surface area (Å²) >= 11 is 9.28. The lowest BCUT2D eigenvalue weighted by molar-refractivity contribution is -0.139. The molecule has 0 aromatic heterocycles. The Bertz CT molecular complexity index is 1220. The highest BCUT2D eigenvalue weighted by molar-refractivity contribution is 9.10. The van der Waals surface area contributed by atoms with Gasteiger partial charge in [-0.3, -0.25) is 4.79 Å². The average Bonchev–Trinajstić information content (AvgIpc) is 2.79. The van der Waals surface area contributed by atoms with Gasteiger partial charge in [-0.25, -0.2) is 4.79 Å². The van der Waals surface area contributed by atoms with E-state index in [4.69, 9.17) is 31.5 Å². The Kier molecular flexibility index (Phi) is 8.21. The largest absolute Gasteiger partial charge is 0.483 e. The van der Waals surface area contributed by atoms with Crippen LogP contribution in [0, 0.1) is 11.3 Å². The Balaban J connectivity index is 1.94. The van der Waals surface area contributed by atoms with Gasteiger partial charge in [-0.05, 0) is 56.3 Å². The maximum Gasteiger partial charge on any atom is 0.338 e. The number of rotatable bonds is 7. The van der Waals surface area contributed by atoms with Crippen LogP contribution in [0.5, 0.6) is 5.75 Å². The molecule has 1 atom stereocenters. The van der Waals surface area contributed by atoms with Crippen LogP contribution in [0.2, 0.25) is 5.02 Å². The van der Waals surface area contributed by atoms with Gasteiger partial charge in [-0.15, -0.1) is 0 Å². The number of allylic oxidation sites excluding steroid dienone is 2. The van der Waals surface area contributed by atoms with Gasteiger partial charge >= 0.3 is 5.97 Å². The average molecular weight is 547 g/mol. The molecule has 1 aliphatic heterocycles. The van der Waals surface area contributed by atoms with Gasteiger partial charge in [-0.2, -0.15) is 5.26 Å². The molecular weight excluding hydrogens is 526 g/mol. The van der Waals surface area contributed by atoms with Gasteiger partial charge in [0.05, 0.1) is 18.1 Å². The lowest BCUT2D eigenvalue weighted by Gasteiger charge is -2.28.